The van der Waals surface area contributed by atoms with Gasteiger partial charge in [-0.2, -0.15) is 0 Å². The van der Waals surface area contributed by atoms with Gasteiger partial charge in [-0.1, -0.05) is 24.3 Å². The third kappa shape index (κ3) is 3.99. The number of benzene rings is 2. The van der Waals surface area contributed by atoms with Crippen molar-refractivity contribution in [1.29, 1.82) is 0 Å². The molecule has 0 spiro atoms. The zero-order valence-electron chi connectivity index (χ0n) is 12.3. The average Bonchev–Trinajstić information content (AvgIpc) is 2.46. The number of esters is 1. The van der Waals surface area contributed by atoms with E-state index in [1.54, 1.807) is 12.1 Å². The highest BCUT2D eigenvalue weighted by atomic mass is 16.6. The van der Waals surface area contributed by atoms with Crippen LogP contribution in [0.4, 0.5) is 5.69 Å². The highest BCUT2D eigenvalue weighted by Gasteiger charge is 2.12. The van der Waals surface area contributed by atoms with Gasteiger partial charge in [0, 0.05) is 5.69 Å². The van der Waals surface area contributed by atoms with Crippen molar-refractivity contribution in [3.05, 3.63) is 59.2 Å². The number of rotatable bonds is 5. The highest BCUT2D eigenvalue weighted by molar-refractivity contribution is 5.95. The average molecular weight is 285 g/mol. The number of carbonyl (C=O) groups excluding carboxylic acids is 1. The molecule has 4 nitrogen and oxygen atoms in total. The van der Waals surface area contributed by atoms with Crippen molar-refractivity contribution in [3.63, 3.8) is 0 Å². The topological polar surface area (TPSA) is 61.5 Å². The molecule has 0 saturated heterocycles. The van der Waals surface area contributed by atoms with E-state index < -0.39 is 5.97 Å². The lowest BCUT2D eigenvalue weighted by Crippen LogP contribution is -2.14. The van der Waals surface area contributed by atoms with E-state index in [1.807, 2.05) is 44.2 Å². The Bertz CT molecular complexity index is 638. The quantitative estimate of drug-likeness (QED) is 0.521. The van der Waals surface area contributed by atoms with Gasteiger partial charge in [0.1, 0.15) is 19.0 Å². The molecule has 2 aromatic rings. The highest BCUT2D eigenvalue weighted by Crippen LogP contribution is 2.17. The normalized spacial score (nSPS) is 10.2. The Morgan fingerprint density at radius 3 is 2.62 bits per heavy atom. The number of carbonyl (C=O) groups is 1. The summed E-state index contributed by atoms with van der Waals surface area (Å²) in [5, 5.41) is 0. The summed E-state index contributed by atoms with van der Waals surface area (Å²) in [6.07, 6.45) is 0. The fourth-order valence-corrected chi connectivity index (χ4v) is 1.94. The predicted molar refractivity (Wildman–Crippen MR) is 82.5 cm³/mol. The SMILES string of the molecule is Cc1cccc(OCCOC(=O)c2cccc(C)c2N)c1. The van der Waals surface area contributed by atoms with E-state index in [0.29, 0.717) is 17.9 Å². The van der Waals surface area contributed by atoms with E-state index in [1.165, 1.54) is 0 Å². The Balaban J connectivity index is 1.83. The first-order valence-corrected chi connectivity index (χ1v) is 6.79. The molecule has 0 aliphatic rings. The molecule has 110 valence electrons. The molecule has 0 fully saturated rings. The van der Waals surface area contributed by atoms with Gasteiger partial charge < -0.3 is 15.2 Å². The molecule has 21 heavy (non-hydrogen) atoms. The number of nitrogens with two attached hydrogens (primary N) is 1. The van der Waals surface area contributed by atoms with Crippen LogP contribution in [0, 0.1) is 13.8 Å². The number of aryl methyl sites for hydroxylation is 2. The Kier molecular flexibility index (Phi) is 4.82. The summed E-state index contributed by atoms with van der Waals surface area (Å²) in [4.78, 5) is 11.9. The summed E-state index contributed by atoms with van der Waals surface area (Å²) in [5.41, 5.74) is 8.70. The molecule has 4 heteroatoms. The third-order valence-corrected chi connectivity index (χ3v) is 3.12. The summed E-state index contributed by atoms with van der Waals surface area (Å²) in [7, 11) is 0. The van der Waals surface area contributed by atoms with Crippen LogP contribution in [-0.4, -0.2) is 19.2 Å². The van der Waals surface area contributed by atoms with Gasteiger partial charge in [-0.05, 0) is 43.2 Å². The van der Waals surface area contributed by atoms with Gasteiger partial charge in [0.25, 0.3) is 0 Å². The Morgan fingerprint density at radius 2 is 1.86 bits per heavy atom. The number of hydrogen-bond donors (Lipinski definition) is 1. The number of nitrogen functional groups attached to an aromatic ring is 1. The van der Waals surface area contributed by atoms with Crippen molar-refractivity contribution in [1.82, 2.24) is 0 Å². The monoisotopic (exact) mass is 285 g/mol. The van der Waals surface area contributed by atoms with Crippen molar-refractivity contribution in [2.24, 2.45) is 0 Å². The Labute approximate surface area is 124 Å². The summed E-state index contributed by atoms with van der Waals surface area (Å²) in [6.45, 7) is 4.33. The lowest BCUT2D eigenvalue weighted by Gasteiger charge is -2.10. The molecule has 0 heterocycles. The minimum Gasteiger partial charge on any atom is -0.490 e. The Hall–Kier alpha value is -2.49. The lowest BCUT2D eigenvalue weighted by molar-refractivity contribution is 0.0451. The van der Waals surface area contributed by atoms with Crippen LogP contribution >= 0.6 is 0 Å². The van der Waals surface area contributed by atoms with Crippen molar-refractivity contribution in [3.8, 4) is 5.75 Å². The second-order valence-electron chi connectivity index (χ2n) is 4.84. The smallest absolute Gasteiger partial charge is 0.340 e. The molecule has 0 aromatic heterocycles. The van der Waals surface area contributed by atoms with E-state index in [9.17, 15) is 4.79 Å². The number of ether oxygens (including phenoxy) is 2. The molecule has 0 aliphatic carbocycles. The zero-order chi connectivity index (χ0) is 15.2. The van der Waals surface area contributed by atoms with Crippen LogP contribution in [0.25, 0.3) is 0 Å². The van der Waals surface area contributed by atoms with Crippen molar-refractivity contribution in [2.75, 3.05) is 18.9 Å². The molecule has 0 bridgehead atoms. The maximum atomic E-state index is 11.9. The molecule has 0 atom stereocenters. The van der Waals surface area contributed by atoms with Gasteiger partial charge in [-0.25, -0.2) is 4.79 Å². The molecule has 0 amide bonds. The maximum absolute atomic E-state index is 11.9. The summed E-state index contributed by atoms with van der Waals surface area (Å²) in [6, 6.07) is 13.0. The second kappa shape index (κ2) is 6.79. The molecule has 0 aliphatic heterocycles. The molecule has 2 aromatic carbocycles. The molecular formula is C17H19NO3. The van der Waals surface area contributed by atoms with Gasteiger partial charge in [-0.3, -0.25) is 0 Å². The molecule has 0 unspecified atom stereocenters. The van der Waals surface area contributed by atoms with Crippen molar-refractivity contribution < 1.29 is 14.3 Å². The summed E-state index contributed by atoms with van der Waals surface area (Å²) < 4.78 is 10.7. The first kappa shape index (κ1) is 14.9. The van der Waals surface area contributed by atoms with Crippen LogP contribution < -0.4 is 10.5 Å². The third-order valence-electron chi connectivity index (χ3n) is 3.12. The van der Waals surface area contributed by atoms with Crippen LogP contribution in [0.3, 0.4) is 0 Å². The fraction of sp³-hybridized carbons (Fsp3) is 0.235. The van der Waals surface area contributed by atoms with Crippen LogP contribution in [0.5, 0.6) is 5.75 Å². The van der Waals surface area contributed by atoms with Crippen LogP contribution in [0.1, 0.15) is 21.5 Å². The first-order valence-electron chi connectivity index (χ1n) is 6.79. The minimum absolute atomic E-state index is 0.181. The molecular weight excluding hydrogens is 266 g/mol. The molecule has 0 saturated carbocycles. The minimum atomic E-state index is -0.427. The number of anilines is 1. The standard InChI is InChI=1S/C17H19NO3/c1-12-5-3-7-14(11-12)20-9-10-21-17(19)15-8-4-6-13(2)16(15)18/h3-8,11H,9-10,18H2,1-2H3. The lowest BCUT2D eigenvalue weighted by atomic mass is 10.1. The van der Waals surface area contributed by atoms with Crippen LogP contribution in [0.15, 0.2) is 42.5 Å². The fourth-order valence-electron chi connectivity index (χ4n) is 1.94. The summed E-state index contributed by atoms with van der Waals surface area (Å²) in [5.74, 6) is 0.338. The molecule has 2 N–H and O–H groups in total. The van der Waals surface area contributed by atoms with Gasteiger partial charge >= 0.3 is 5.97 Å². The van der Waals surface area contributed by atoms with Gasteiger partial charge in [0.05, 0.1) is 5.56 Å². The van der Waals surface area contributed by atoms with Crippen LogP contribution in [-0.2, 0) is 4.74 Å². The van der Waals surface area contributed by atoms with E-state index in [-0.39, 0.29) is 6.61 Å². The molecule has 2 rings (SSSR count). The van der Waals surface area contributed by atoms with Gasteiger partial charge in [-0.15, -0.1) is 0 Å². The maximum Gasteiger partial charge on any atom is 0.340 e. The predicted octanol–water partition coefficient (Wildman–Crippen LogP) is 3.12. The number of para-hydroxylation sites is 1. The van der Waals surface area contributed by atoms with E-state index in [4.69, 9.17) is 15.2 Å². The van der Waals surface area contributed by atoms with Crippen molar-refractivity contribution in [2.45, 2.75) is 13.8 Å². The van der Waals surface area contributed by atoms with Crippen LogP contribution in [0.2, 0.25) is 0 Å². The van der Waals surface area contributed by atoms with E-state index in [0.717, 1.165) is 16.9 Å². The summed E-state index contributed by atoms with van der Waals surface area (Å²) >= 11 is 0. The molecule has 0 radical (unpaired) electrons. The number of hydrogen-bond acceptors (Lipinski definition) is 4. The van der Waals surface area contributed by atoms with E-state index in [2.05, 4.69) is 0 Å². The second-order valence-corrected chi connectivity index (χ2v) is 4.84. The largest absolute Gasteiger partial charge is 0.490 e. The van der Waals surface area contributed by atoms with Crippen molar-refractivity contribution >= 4 is 11.7 Å². The van der Waals surface area contributed by atoms with Gasteiger partial charge in [0.2, 0.25) is 0 Å². The van der Waals surface area contributed by atoms with E-state index >= 15 is 0 Å². The van der Waals surface area contributed by atoms with Gasteiger partial charge in [0.15, 0.2) is 0 Å². The Morgan fingerprint density at radius 1 is 1.10 bits per heavy atom. The first-order chi connectivity index (χ1) is 10.1. The zero-order valence-corrected chi connectivity index (χ0v) is 12.3.